The molecule has 2 N–H and O–H groups in total. The summed E-state index contributed by atoms with van der Waals surface area (Å²) in [6, 6.07) is 4.79. The number of hydrogen-bond acceptors (Lipinski definition) is 2. The lowest BCUT2D eigenvalue weighted by Gasteiger charge is -2.20. The zero-order valence-corrected chi connectivity index (χ0v) is 12.4. The molecule has 0 aliphatic heterocycles. The molecule has 1 amide bonds. The fourth-order valence-electron chi connectivity index (χ4n) is 1.43. The van der Waals surface area contributed by atoms with Crippen LogP contribution in [0, 0.1) is 5.82 Å². The second-order valence-corrected chi connectivity index (χ2v) is 6.00. The molecule has 0 unspecified atom stereocenters. The lowest BCUT2D eigenvalue weighted by molar-refractivity contribution is -0.121. The molecular formula is C13H18BrFN2O. The number of halogens is 2. The first-order valence-electron chi connectivity index (χ1n) is 5.73. The molecule has 0 aliphatic rings. The second kappa shape index (κ2) is 6.29. The zero-order valence-electron chi connectivity index (χ0n) is 10.8. The maximum atomic E-state index is 13.0. The summed E-state index contributed by atoms with van der Waals surface area (Å²) in [6.45, 7) is 6.56. The van der Waals surface area contributed by atoms with Crippen molar-refractivity contribution in [1.29, 1.82) is 0 Å². The van der Waals surface area contributed by atoms with Crippen LogP contribution >= 0.6 is 15.9 Å². The van der Waals surface area contributed by atoms with Gasteiger partial charge in [-0.1, -0.05) is 6.07 Å². The molecule has 1 aromatic rings. The second-order valence-electron chi connectivity index (χ2n) is 5.15. The van der Waals surface area contributed by atoms with E-state index in [-0.39, 0.29) is 23.8 Å². The van der Waals surface area contributed by atoms with Crippen LogP contribution in [0.4, 0.5) is 4.39 Å². The van der Waals surface area contributed by atoms with Crippen molar-refractivity contribution >= 4 is 21.8 Å². The van der Waals surface area contributed by atoms with E-state index < -0.39 is 0 Å². The third-order valence-corrected chi connectivity index (χ3v) is 2.72. The summed E-state index contributed by atoms with van der Waals surface area (Å²) in [7, 11) is 0. The van der Waals surface area contributed by atoms with Crippen LogP contribution in [0.2, 0.25) is 0 Å². The van der Waals surface area contributed by atoms with E-state index >= 15 is 0 Å². The predicted molar refractivity (Wildman–Crippen MR) is 73.7 cm³/mol. The maximum absolute atomic E-state index is 13.0. The van der Waals surface area contributed by atoms with Gasteiger partial charge >= 0.3 is 0 Å². The van der Waals surface area contributed by atoms with Crippen molar-refractivity contribution in [2.45, 2.75) is 32.9 Å². The Morgan fingerprint density at radius 1 is 1.39 bits per heavy atom. The molecule has 0 bridgehead atoms. The fraction of sp³-hybridized carbons (Fsp3) is 0.462. The molecule has 1 rings (SSSR count). The van der Waals surface area contributed by atoms with Crippen LogP contribution < -0.4 is 10.6 Å². The molecule has 5 heteroatoms. The normalized spacial score (nSPS) is 11.4. The Balaban J connectivity index is 2.38. The molecular weight excluding hydrogens is 299 g/mol. The van der Waals surface area contributed by atoms with Gasteiger partial charge in [-0.2, -0.15) is 0 Å². The van der Waals surface area contributed by atoms with Gasteiger partial charge in [0.25, 0.3) is 0 Å². The monoisotopic (exact) mass is 316 g/mol. The first-order valence-corrected chi connectivity index (χ1v) is 6.53. The van der Waals surface area contributed by atoms with Crippen LogP contribution in [0.1, 0.15) is 26.3 Å². The number of benzene rings is 1. The number of rotatable bonds is 4. The van der Waals surface area contributed by atoms with Crippen molar-refractivity contribution < 1.29 is 9.18 Å². The molecule has 0 aromatic heterocycles. The van der Waals surface area contributed by atoms with E-state index in [2.05, 4.69) is 26.6 Å². The highest BCUT2D eigenvalue weighted by Crippen LogP contribution is 2.16. The molecule has 0 radical (unpaired) electrons. The number of hydrogen-bond donors (Lipinski definition) is 2. The summed E-state index contributed by atoms with van der Waals surface area (Å²) >= 11 is 3.12. The van der Waals surface area contributed by atoms with Gasteiger partial charge in [0.2, 0.25) is 5.91 Å². The average molecular weight is 317 g/mol. The average Bonchev–Trinajstić information content (AvgIpc) is 2.20. The zero-order chi connectivity index (χ0) is 13.8. The third kappa shape index (κ3) is 5.60. The Bertz CT molecular complexity index is 429. The summed E-state index contributed by atoms with van der Waals surface area (Å²) in [5, 5.41) is 5.87. The Kier molecular flexibility index (Phi) is 5.28. The third-order valence-electron chi connectivity index (χ3n) is 2.11. The molecule has 0 heterocycles. The van der Waals surface area contributed by atoms with E-state index in [0.717, 1.165) is 5.56 Å². The lowest BCUT2D eigenvalue weighted by atomic mass is 10.1. The van der Waals surface area contributed by atoms with Gasteiger partial charge in [-0.25, -0.2) is 4.39 Å². The molecule has 3 nitrogen and oxygen atoms in total. The molecule has 100 valence electrons. The quantitative estimate of drug-likeness (QED) is 0.896. The van der Waals surface area contributed by atoms with E-state index in [1.807, 2.05) is 20.8 Å². The van der Waals surface area contributed by atoms with Crippen molar-refractivity contribution in [2.24, 2.45) is 0 Å². The first-order chi connectivity index (χ1) is 8.28. The van der Waals surface area contributed by atoms with E-state index in [1.54, 1.807) is 12.1 Å². The van der Waals surface area contributed by atoms with Crippen molar-refractivity contribution in [3.63, 3.8) is 0 Å². The highest BCUT2D eigenvalue weighted by atomic mass is 79.9. The topological polar surface area (TPSA) is 41.1 Å². The van der Waals surface area contributed by atoms with Crippen molar-refractivity contribution in [1.82, 2.24) is 10.6 Å². The molecule has 0 fully saturated rings. The molecule has 0 aliphatic carbocycles. The highest BCUT2D eigenvalue weighted by molar-refractivity contribution is 9.10. The summed E-state index contributed by atoms with van der Waals surface area (Å²) in [5.41, 5.74) is 0.698. The van der Waals surface area contributed by atoms with E-state index in [4.69, 9.17) is 0 Å². The molecule has 0 atom stereocenters. The van der Waals surface area contributed by atoms with Gasteiger partial charge < -0.3 is 10.6 Å². The predicted octanol–water partition coefficient (Wildman–Crippen LogP) is 2.59. The fourth-order valence-corrected chi connectivity index (χ4v) is 1.86. The number of amides is 1. The van der Waals surface area contributed by atoms with Gasteiger partial charge in [-0.15, -0.1) is 0 Å². The van der Waals surface area contributed by atoms with E-state index in [0.29, 0.717) is 11.0 Å². The van der Waals surface area contributed by atoms with Gasteiger partial charge in [0.05, 0.1) is 11.0 Å². The number of carbonyl (C=O) groups excluding carboxylic acids is 1. The van der Waals surface area contributed by atoms with Gasteiger partial charge in [0, 0.05) is 12.1 Å². The van der Waals surface area contributed by atoms with Crippen LogP contribution in [0.5, 0.6) is 0 Å². The van der Waals surface area contributed by atoms with Gasteiger partial charge in [0.1, 0.15) is 5.82 Å². The van der Waals surface area contributed by atoms with Gasteiger partial charge in [-0.3, -0.25) is 4.79 Å². The number of carbonyl (C=O) groups is 1. The molecule has 1 aromatic carbocycles. The summed E-state index contributed by atoms with van der Waals surface area (Å²) in [6.07, 6.45) is 0. The van der Waals surface area contributed by atoms with Crippen molar-refractivity contribution in [3.8, 4) is 0 Å². The molecule has 0 saturated heterocycles. The smallest absolute Gasteiger partial charge is 0.234 e. The minimum absolute atomic E-state index is 0.0522. The minimum atomic E-state index is -0.288. The summed E-state index contributed by atoms with van der Waals surface area (Å²) in [5.74, 6) is -0.340. The Labute approximate surface area is 115 Å². The Morgan fingerprint density at radius 2 is 2.06 bits per heavy atom. The van der Waals surface area contributed by atoms with Gasteiger partial charge in [-0.05, 0) is 54.4 Å². The van der Waals surface area contributed by atoms with Crippen LogP contribution in [-0.2, 0) is 11.3 Å². The van der Waals surface area contributed by atoms with E-state index in [1.165, 1.54) is 6.07 Å². The van der Waals surface area contributed by atoms with Crippen molar-refractivity contribution in [3.05, 3.63) is 34.1 Å². The van der Waals surface area contributed by atoms with Crippen molar-refractivity contribution in [2.75, 3.05) is 6.54 Å². The van der Waals surface area contributed by atoms with Crippen LogP contribution in [0.3, 0.4) is 0 Å². The molecule has 0 spiro atoms. The molecule has 0 saturated carbocycles. The van der Waals surface area contributed by atoms with Gasteiger partial charge in [0.15, 0.2) is 0 Å². The standard InChI is InChI=1S/C13H18BrFN2O/c1-13(2,3)17-12(18)8-16-7-9-4-5-11(15)10(14)6-9/h4-6,16H,7-8H2,1-3H3,(H,17,18). The Morgan fingerprint density at radius 3 is 2.61 bits per heavy atom. The van der Waals surface area contributed by atoms with Crippen LogP contribution in [0.15, 0.2) is 22.7 Å². The first kappa shape index (κ1) is 15.1. The SMILES string of the molecule is CC(C)(C)NC(=O)CNCc1ccc(F)c(Br)c1. The summed E-state index contributed by atoms with van der Waals surface area (Å²) < 4.78 is 13.4. The minimum Gasteiger partial charge on any atom is -0.350 e. The lowest BCUT2D eigenvalue weighted by Crippen LogP contribution is -2.44. The summed E-state index contributed by atoms with van der Waals surface area (Å²) in [4.78, 5) is 11.5. The van der Waals surface area contributed by atoms with Crippen LogP contribution in [-0.4, -0.2) is 18.0 Å². The van der Waals surface area contributed by atoms with E-state index in [9.17, 15) is 9.18 Å². The maximum Gasteiger partial charge on any atom is 0.234 e. The molecule has 18 heavy (non-hydrogen) atoms. The number of nitrogens with one attached hydrogen (secondary N) is 2. The Hall–Kier alpha value is -0.940. The largest absolute Gasteiger partial charge is 0.350 e. The van der Waals surface area contributed by atoms with Crippen LogP contribution in [0.25, 0.3) is 0 Å². The highest BCUT2D eigenvalue weighted by Gasteiger charge is 2.12.